The van der Waals surface area contributed by atoms with Crippen LogP contribution in [0.4, 0.5) is 0 Å². The lowest BCUT2D eigenvalue weighted by atomic mass is 9.60. The van der Waals surface area contributed by atoms with Gasteiger partial charge in [-0.3, -0.25) is 0 Å². The largest absolute Gasteiger partial charge is 0.303 e. The third-order valence-corrected chi connectivity index (χ3v) is 3.91. The summed E-state index contributed by atoms with van der Waals surface area (Å²) in [7, 11) is 0. The van der Waals surface area contributed by atoms with E-state index in [9.17, 15) is 0 Å². The Morgan fingerprint density at radius 3 is 2.53 bits per heavy atom. The highest BCUT2D eigenvalue weighted by Crippen LogP contribution is 2.46. The normalized spacial score (nSPS) is 19.1. The Bertz CT molecular complexity index is 384. The van der Waals surface area contributed by atoms with Crippen LogP contribution in [-0.4, -0.2) is 12.6 Å². The molecule has 0 aliphatic heterocycles. The van der Waals surface area contributed by atoms with Gasteiger partial charge in [0.25, 0.3) is 0 Å². The van der Waals surface area contributed by atoms with Crippen molar-refractivity contribution in [2.75, 3.05) is 6.54 Å². The number of benzene rings is 1. The van der Waals surface area contributed by atoms with Crippen LogP contribution >= 0.6 is 0 Å². The first-order valence-electron chi connectivity index (χ1n) is 6.58. The van der Waals surface area contributed by atoms with Crippen LogP contribution < -0.4 is 5.32 Å². The SMILES string of the molecule is C#CC(NCCC)C1(c2ccccc2)CCC1. The van der Waals surface area contributed by atoms with Gasteiger partial charge in [-0.25, -0.2) is 0 Å². The van der Waals surface area contributed by atoms with Crippen molar-refractivity contribution in [3.05, 3.63) is 35.9 Å². The van der Waals surface area contributed by atoms with Crippen LogP contribution in [0.25, 0.3) is 0 Å². The molecule has 0 saturated heterocycles. The predicted molar refractivity (Wildman–Crippen MR) is 72.9 cm³/mol. The first-order valence-corrected chi connectivity index (χ1v) is 6.58. The Hall–Kier alpha value is -1.26. The van der Waals surface area contributed by atoms with Gasteiger partial charge in [-0.2, -0.15) is 0 Å². The Morgan fingerprint density at radius 1 is 1.35 bits per heavy atom. The topological polar surface area (TPSA) is 12.0 Å². The van der Waals surface area contributed by atoms with Gasteiger partial charge in [0.1, 0.15) is 0 Å². The zero-order valence-electron chi connectivity index (χ0n) is 10.6. The minimum atomic E-state index is 0.179. The molecule has 1 aliphatic carbocycles. The van der Waals surface area contributed by atoms with Gasteiger partial charge in [0.2, 0.25) is 0 Å². The maximum Gasteiger partial charge on any atom is 0.0784 e. The molecule has 1 atom stereocenters. The summed E-state index contributed by atoms with van der Waals surface area (Å²) in [6.07, 6.45) is 10.6. The fourth-order valence-corrected chi connectivity index (χ4v) is 2.77. The first-order chi connectivity index (χ1) is 8.33. The van der Waals surface area contributed by atoms with Crippen molar-refractivity contribution in [3.8, 4) is 12.3 Å². The monoisotopic (exact) mass is 227 g/mol. The van der Waals surface area contributed by atoms with Crippen LogP contribution in [0.2, 0.25) is 0 Å². The zero-order valence-corrected chi connectivity index (χ0v) is 10.6. The minimum Gasteiger partial charge on any atom is -0.303 e. The molecule has 1 aromatic carbocycles. The molecule has 1 fully saturated rings. The summed E-state index contributed by atoms with van der Waals surface area (Å²) in [6, 6.07) is 10.9. The minimum absolute atomic E-state index is 0.179. The van der Waals surface area contributed by atoms with E-state index in [1.165, 1.54) is 24.8 Å². The molecule has 17 heavy (non-hydrogen) atoms. The van der Waals surface area contributed by atoms with Gasteiger partial charge < -0.3 is 5.32 Å². The van der Waals surface area contributed by atoms with E-state index in [0.29, 0.717) is 0 Å². The van der Waals surface area contributed by atoms with E-state index in [-0.39, 0.29) is 11.5 Å². The van der Waals surface area contributed by atoms with Crippen LogP contribution in [0.15, 0.2) is 30.3 Å². The molecule has 0 spiro atoms. The van der Waals surface area contributed by atoms with Crippen LogP contribution in [0.5, 0.6) is 0 Å². The third-order valence-electron chi connectivity index (χ3n) is 3.91. The van der Waals surface area contributed by atoms with E-state index in [0.717, 1.165) is 13.0 Å². The van der Waals surface area contributed by atoms with E-state index < -0.39 is 0 Å². The second-order valence-corrected chi connectivity index (χ2v) is 4.93. The quantitative estimate of drug-likeness (QED) is 0.762. The molecule has 2 rings (SSSR count). The summed E-state index contributed by atoms with van der Waals surface area (Å²) in [5, 5.41) is 3.52. The highest BCUT2D eigenvalue weighted by molar-refractivity contribution is 5.34. The lowest BCUT2D eigenvalue weighted by Crippen LogP contribution is -2.52. The number of terminal acetylenes is 1. The maximum absolute atomic E-state index is 5.73. The Kier molecular flexibility index (Phi) is 3.86. The van der Waals surface area contributed by atoms with Crippen molar-refractivity contribution in [2.45, 2.75) is 44.1 Å². The highest BCUT2D eigenvalue weighted by Gasteiger charge is 2.44. The average Bonchev–Trinajstić information content (AvgIpc) is 2.33. The summed E-state index contributed by atoms with van der Waals surface area (Å²) in [6.45, 7) is 3.18. The van der Waals surface area contributed by atoms with E-state index in [2.05, 4.69) is 48.5 Å². The summed E-state index contributed by atoms with van der Waals surface area (Å²) >= 11 is 0. The van der Waals surface area contributed by atoms with Crippen LogP contribution in [0.1, 0.15) is 38.2 Å². The van der Waals surface area contributed by atoms with Gasteiger partial charge in [-0.05, 0) is 31.4 Å². The molecule has 0 radical (unpaired) electrons. The Labute approximate surface area is 105 Å². The number of rotatable bonds is 5. The van der Waals surface area contributed by atoms with Crippen molar-refractivity contribution in [1.29, 1.82) is 0 Å². The maximum atomic E-state index is 5.73. The number of hydrogen-bond donors (Lipinski definition) is 1. The molecule has 1 aliphatic rings. The Balaban J connectivity index is 2.22. The fraction of sp³-hybridized carbons (Fsp3) is 0.500. The first kappa shape index (κ1) is 12.2. The second-order valence-electron chi connectivity index (χ2n) is 4.93. The molecular formula is C16H21N. The van der Waals surface area contributed by atoms with E-state index >= 15 is 0 Å². The fourth-order valence-electron chi connectivity index (χ4n) is 2.77. The van der Waals surface area contributed by atoms with Gasteiger partial charge in [0.05, 0.1) is 6.04 Å². The van der Waals surface area contributed by atoms with E-state index in [1.807, 2.05) is 0 Å². The lowest BCUT2D eigenvalue weighted by molar-refractivity contribution is 0.200. The predicted octanol–water partition coefficient (Wildman–Crippen LogP) is 3.11. The number of nitrogens with one attached hydrogen (secondary N) is 1. The van der Waals surface area contributed by atoms with Gasteiger partial charge in [0.15, 0.2) is 0 Å². The molecule has 1 unspecified atom stereocenters. The standard InChI is InChI=1S/C16H21N/c1-3-13-17-15(4-2)16(11-8-12-16)14-9-6-5-7-10-14/h2,5-7,9-10,15,17H,3,8,11-13H2,1H3. The molecule has 90 valence electrons. The summed E-state index contributed by atoms with van der Waals surface area (Å²) in [4.78, 5) is 0. The smallest absolute Gasteiger partial charge is 0.0784 e. The second kappa shape index (κ2) is 5.38. The molecule has 1 nitrogen and oxygen atoms in total. The van der Waals surface area contributed by atoms with Gasteiger partial charge in [0, 0.05) is 5.41 Å². The molecule has 1 aromatic rings. The summed E-state index contributed by atoms with van der Waals surface area (Å²) < 4.78 is 0. The van der Waals surface area contributed by atoms with Crippen molar-refractivity contribution in [1.82, 2.24) is 5.32 Å². The molecule has 0 bridgehead atoms. The van der Waals surface area contributed by atoms with E-state index in [4.69, 9.17) is 6.42 Å². The molecule has 0 amide bonds. The van der Waals surface area contributed by atoms with Crippen LogP contribution in [0.3, 0.4) is 0 Å². The molecule has 0 aromatic heterocycles. The molecular weight excluding hydrogens is 206 g/mol. The molecule has 1 N–H and O–H groups in total. The van der Waals surface area contributed by atoms with Crippen molar-refractivity contribution < 1.29 is 0 Å². The highest BCUT2D eigenvalue weighted by atomic mass is 14.9. The van der Waals surface area contributed by atoms with Crippen LogP contribution in [-0.2, 0) is 5.41 Å². The van der Waals surface area contributed by atoms with Crippen molar-refractivity contribution >= 4 is 0 Å². The lowest BCUT2D eigenvalue weighted by Gasteiger charge is -2.46. The third kappa shape index (κ3) is 2.23. The average molecular weight is 227 g/mol. The van der Waals surface area contributed by atoms with Gasteiger partial charge in [-0.15, -0.1) is 6.42 Å². The molecule has 1 heteroatoms. The molecule has 0 heterocycles. The zero-order chi connectivity index (χ0) is 12.1. The number of hydrogen-bond acceptors (Lipinski definition) is 1. The van der Waals surface area contributed by atoms with Crippen molar-refractivity contribution in [2.24, 2.45) is 0 Å². The summed E-state index contributed by atoms with van der Waals surface area (Å²) in [5.41, 5.74) is 1.59. The van der Waals surface area contributed by atoms with Gasteiger partial charge >= 0.3 is 0 Å². The summed E-state index contributed by atoms with van der Waals surface area (Å²) in [5.74, 6) is 2.97. The molecule has 1 saturated carbocycles. The van der Waals surface area contributed by atoms with Crippen molar-refractivity contribution in [3.63, 3.8) is 0 Å². The van der Waals surface area contributed by atoms with E-state index in [1.54, 1.807) is 0 Å². The van der Waals surface area contributed by atoms with Crippen LogP contribution in [0, 0.1) is 12.3 Å². The Morgan fingerprint density at radius 2 is 2.06 bits per heavy atom. The van der Waals surface area contributed by atoms with Gasteiger partial charge in [-0.1, -0.05) is 49.6 Å².